The summed E-state index contributed by atoms with van der Waals surface area (Å²) in [7, 11) is -3.64. The number of hydrogen-bond acceptors (Lipinski definition) is 6. The van der Waals surface area contributed by atoms with Crippen molar-refractivity contribution in [2.75, 3.05) is 18.4 Å². The van der Waals surface area contributed by atoms with Crippen molar-refractivity contribution in [2.45, 2.75) is 18.7 Å². The van der Waals surface area contributed by atoms with E-state index in [0.29, 0.717) is 34.6 Å². The van der Waals surface area contributed by atoms with Crippen molar-refractivity contribution in [3.05, 3.63) is 59.1 Å². The average molecular weight is 407 g/mol. The largest absolute Gasteiger partial charge is 0.369 e. The van der Waals surface area contributed by atoms with Crippen LogP contribution >= 0.6 is 11.6 Å². The van der Waals surface area contributed by atoms with Crippen molar-refractivity contribution in [2.24, 2.45) is 0 Å². The van der Waals surface area contributed by atoms with Gasteiger partial charge in [0.15, 0.2) is 5.82 Å². The number of anilines is 1. The minimum Gasteiger partial charge on any atom is -0.369 e. The van der Waals surface area contributed by atoms with E-state index in [0.717, 1.165) is 0 Å². The SMILES string of the molecule is Cc1nc(NCCNS(=O)(=O)c2cccc(Cl)c2C)cc(-n2cccn2)n1. The Bertz CT molecular complexity index is 1040. The molecule has 10 heteroatoms. The van der Waals surface area contributed by atoms with Crippen LogP contribution in [0, 0.1) is 13.8 Å². The third-order valence-corrected chi connectivity index (χ3v) is 5.81. The molecule has 27 heavy (non-hydrogen) atoms. The number of benzene rings is 1. The first-order chi connectivity index (χ1) is 12.9. The number of hydrogen-bond donors (Lipinski definition) is 2. The van der Waals surface area contributed by atoms with Gasteiger partial charge in [0, 0.05) is 36.6 Å². The minimum absolute atomic E-state index is 0.175. The Kier molecular flexibility index (Phi) is 5.73. The minimum atomic E-state index is -3.64. The first kappa shape index (κ1) is 19.3. The second-order valence-corrected chi connectivity index (χ2v) is 7.94. The molecule has 0 unspecified atom stereocenters. The standard InChI is InChI=1S/C17H19ClN6O2S/c1-12-14(18)5-3-6-15(12)27(25,26)21-9-8-19-16-11-17(23-13(2)22-16)24-10-4-7-20-24/h3-7,10-11,21H,8-9H2,1-2H3,(H,19,22,23). The van der Waals surface area contributed by atoms with Crippen LogP contribution in [0.25, 0.3) is 5.82 Å². The normalized spacial score (nSPS) is 11.5. The molecule has 0 atom stereocenters. The molecule has 2 heterocycles. The van der Waals surface area contributed by atoms with Gasteiger partial charge in [0.25, 0.3) is 0 Å². The molecule has 8 nitrogen and oxygen atoms in total. The van der Waals surface area contributed by atoms with Gasteiger partial charge >= 0.3 is 0 Å². The van der Waals surface area contributed by atoms with Gasteiger partial charge < -0.3 is 5.32 Å². The summed E-state index contributed by atoms with van der Waals surface area (Å²) in [5.41, 5.74) is 0.523. The topological polar surface area (TPSA) is 102 Å². The summed E-state index contributed by atoms with van der Waals surface area (Å²) in [6.45, 7) is 4.00. The number of aryl methyl sites for hydroxylation is 1. The van der Waals surface area contributed by atoms with Gasteiger partial charge in [-0.15, -0.1) is 0 Å². The summed E-state index contributed by atoms with van der Waals surface area (Å²) in [5.74, 6) is 1.80. The maximum absolute atomic E-state index is 12.4. The van der Waals surface area contributed by atoms with E-state index in [9.17, 15) is 8.42 Å². The molecule has 0 saturated carbocycles. The lowest BCUT2D eigenvalue weighted by Gasteiger charge is -2.11. The monoisotopic (exact) mass is 406 g/mol. The molecule has 2 N–H and O–H groups in total. The third-order valence-electron chi connectivity index (χ3n) is 3.79. The predicted molar refractivity (Wildman–Crippen MR) is 104 cm³/mol. The van der Waals surface area contributed by atoms with E-state index in [1.54, 1.807) is 55.2 Å². The Morgan fingerprint density at radius 1 is 1.15 bits per heavy atom. The summed E-state index contributed by atoms with van der Waals surface area (Å²) in [6.07, 6.45) is 3.45. The number of aromatic nitrogens is 4. The number of rotatable bonds is 7. The Morgan fingerprint density at radius 3 is 2.70 bits per heavy atom. The second-order valence-electron chi connectivity index (χ2n) is 5.80. The van der Waals surface area contributed by atoms with Gasteiger partial charge in [-0.25, -0.2) is 27.8 Å². The first-order valence-electron chi connectivity index (χ1n) is 8.21. The van der Waals surface area contributed by atoms with E-state index < -0.39 is 10.0 Å². The molecule has 0 fully saturated rings. The van der Waals surface area contributed by atoms with Gasteiger partial charge in [-0.1, -0.05) is 17.7 Å². The molecule has 0 saturated heterocycles. The van der Waals surface area contributed by atoms with Crippen LogP contribution in [0.5, 0.6) is 0 Å². The van der Waals surface area contributed by atoms with Gasteiger partial charge in [0.2, 0.25) is 10.0 Å². The summed E-state index contributed by atoms with van der Waals surface area (Å²) in [4.78, 5) is 8.81. The lowest BCUT2D eigenvalue weighted by Crippen LogP contribution is -2.29. The molecule has 0 spiro atoms. The predicted octanol–water partition coefficient (Wildman–Crippen LogP) is 2.32. The van der Waals surface area contributed by atoms with E-state index in [4.69, 9.17) is 11.6 Å². The molecule has 3 rings (SSSR count). The van der Waals surface area contributed by atoms with Crippen LogP contribution in [0.3, 0.4) is 0 Å². The van der Waals surface area contributed by atoms with Crippen molar-refractivity contribution in [3.63, 3.8) is 0 Å². The van der Waals surface area contributed by atoms with Crippen LogP contribution in [0.2, 0.25) is 5.02 Å². The molecule has 2 aromatic heterocycles. The molecule has 0 amide bonds. The summed E-state index contributed by atoms with van der Waals surface area (Å²) >= 11 is 6.01. The van der Waals surface area contributed by atoms with E-state index in [1.165, 1.54) is 6.07 Å². The van der Waals surface area contributed by atoms with Crippen LogP contribution in [0.1, 0.15) is 11.4 Å². The lowest BCUT2D eigenvalue weighted by molar-refractivity contribution is 0.582. The third kappa shape index (κ3) is 4.62. The van der Waals surface area contributed by atoms with Gasteiger partial charge in [0.05, 0.1) is 4.90 Å². The fourth-order valence-corrected chi connectivity index (χ4v) is 4.02. The summed E-state index contributed by atoms with van der Waals surface area (Å²) in [5, 5.41) is 7.65. The number of nitrogens with zero attached hydrogens (tertiary/aromatic N) is 4. The maximum atomic E-state index is 12.4. The second kappa shape index (κ2) is 8.03. The summed E-state index contributed by atoms with van der Waals surface area (Å²) in [6, 6.07) is 8.35. The Hall–Kier alpha value is -2.49. The van der Waals surface area contributed by atoms with Crippen LogP contribution in [0.4, 0.5) is 5.82 Å². The zero-order chi connectivity index (χ0) is 19.4. The molecule has 0 radical (unpaired) electrons. The van der Waals surface area contributed by atoms with Crippen molar-refractivity contribution in [3.8, 4) is 5.82 Å². The van der Waals surface area contributed by atoms with Crippen LogP contribution in [0.15, 0.2) is 47.6 Å². The fraction of sp³-hybridized carbons (Fsp3) is 0.235. The van der Waals surface area contributed by atoms with E-state index in [-0.39, 0.29) is 11.4 Å². The zero-order valence-electron chi connectivity index (χ0n) is 14.8. The Balaban J connectivity index is 1.63. The van der Waals surface area contributed by atoms with Crippen molar-refractivity contribution < 1.29 is 8.42 Å². The number of halogens is 1. The molecule has 142 valence electrons. The van der Waals surface area contributed by atoms with Gasteiger partial charge in [-0.2, -0.15) is 5.10 Å². The molecule has 1 aromatic carbocycles. The molecule has 0 bridgehead atoms. The highest BCUT2D eigenvalue weighted by Gasteiger charge is 2.17. The highest BCUT2D eigenvalue weighted by atomic mass is 35.5. The Labute approximate surface area is 162 Å². The molecular formula is C17H19ClN6O2S. The molecule has 0 aliphatic heterocycles. The lowest BCUT2D eigenvalue weighted by atomic mass is 10.2. The molecule has 0 aliphatic rings. The van der Waals surface area contributed by atoms with E-state index >= 15 is 0 Å². The maximum Gasteiger partial charge on any atom is 0.240 e. The highest BCUT2D eigenvalue weighted by molar-refractivity contribution is 7.89. The first-order valence-corrected chi connectivity index (χ1v) is 10.1. The van der Waals surface area contributed by atoms with Crippen LogP contribution in [-0.2, 0) is 10.0 Å². The number of nitrogens with one attached hydrogen (secondary N) is 2. The Morgan fingerprint density at radius 2 is 1.96 bits per heavy atom. The van der Waals surface area contributed by atoms with Crippen molar-refractivity contribution in [1.82, 2.24) is 24.5 Å². The van der Waals surface area contributed by atoms with E-state index in [2.05, 4.69) is 25.1 Å². The summed E-state index contributed by atoms with van der Waals surface area (Å²) < 4.78 is 29.1. The fourth-order valence-electron chi connectivity index (χ4n) is 2.50. The van der Waals surface area contributed by atoms with Gasteiger partial charge in [-0.05, 0) is 37.6 Å². The number of sulfonamides is 1. The van der Waals surface area contributed by atoms with Crippen LogP contribution in [-0.4, -0.2) is 41.3 Å². The highest BCUT2D eigenvalue weighted by Crippen LogP contribution is 2.22. The van der Waals surface area contributed by atoms with Gasteiger partial charge in [0.1, 0.15) is 11.6 Å². The van der Waals surface area contributed by atoms with Crippen LogP contribution < -0.4 is 10.0 Å². The average Bonchev–Trinajstić information content (AvgIpc) is 3.15. The smallest absolute Gasteiger partial charge is 0.240 e. The molecular weight excluding hydrogens is 388 g/mol. The molecule has 0 aliphatic carbocycles. The quantitative estimate of drug-likeness (QED) is 0.584. The van der Waals surface area contributed by atoms with Gasteiger partial charge in [-0.3, -0.25) is 0 Å². The van der Waals surface area contributed by atoms with Crippen molar-refractivity contribution >= 4 is 27.4 Å². The zero-order valence-corrected chi connectivity index (χ0v) is 16.4. The van der Waals surface area contributed by atoms with Crippen molar-refractivity contribution in [1.29, 1.82) is 0 Å². The van der Waals surface area contributed by atoms with E-state index in [1.807, 2.05) is 0 Å². The molecule has 3 aromatic rings.